The topological polar surface area (TPSA) is 40.2 Å². The van der Waals surface area contributed by atoms with Gasteiger partial charge in [0.05, 0.1) is 11.4 Å². The van der Waals surface area contributed by atoms with Gasteiger partial charge in [0.25, 0.3) is 8.53 Å². The van der Waals surface area contributed by atoms with Gasteiger partial charge in [-0.3, -0.25) is 13.7 Å². The Bertz CT molecular complexity index is 1940. The molecule has 51 heavy (non-hydrogen) atoms. The maximum Gasteiger partial charge on any atom is 0.297 e. The van der Waals surface area contributed by atoms with Crippen molar-refractivity contribution in [3.63, 3.8) is 0 Å². The number of ether oxygens (including phenoxy) is 2. The van der Waals surface area contributed by atoms with E-state index in [1.54, 1.807) is 0 Å². The van der Waals surface area contributed by atoms with E-state index in [1.807, 2.05) is 38.1 Å². The lowest BCUT2D eigenvalue weighted by atomic mass is 9.72. The van der Waals surface area contributed by atoms with E-state index in [2.05, 4.69) is 162 Å². The molecule has 0 aromatic heterocycles. The molecular weight excluding hydrogens is 649 g/mol. The quantitative estimate of drug-likeness (QED) is 0.169. The van der Waals surface area contributed by atoms with Gasteiger partial charge in [-0.1, -0.05) is 170 Å². The normalized spacial score (nSPS) is 22.5. The minimum absolute atomic E-state index is 0.652. The first kappa shape index (κ1) is 32.1. The Labute approximate surface area is 300 Å². The molecule has 0 radical (unpaired) electrons. The molecule has 0 bridgehead atoms. The average Bonchev–Trinajstić information content (AvgIpc) is 3.35. The van der Waals surface area contributed by atoms with Crippen molar-refractivity contribution in [2.45, 2.75) is 43.0 Å². The van der Waals surface area contributed by atoms with E-state index in [4.69, 9.17) is 18.5 Å². The summed E-state index contributed by atoms with van der Waals surface area (Å²) >= 11 is 0. The van der Waals surface area contributed by atoms with Crippen LogP contribution in [0.15, 0.2) is 170 Å². The summed E-state index contributed by atoms with van der Waals surface area (Å²) in [5, 5.41) is 0. The van der Waals surface area contributed by atoms with Gasteiger partial charge in [0.2, 0.25) is 0 Å². The highest BCUT2D eigenvalue weighted by Crippen LogP contribution is 2.68. The number of anilines is 2. The lowest BCUT2D eigenvalue weighted by Gasteiger charge is -2.42. The molecule has 2 saturated heterocycles. The third-order valence-corrected chi connectivity index (χ3v) is 11.7. The Morgan fingerprint density at radius 3 is 1.10 bits per heavy atom. The molecule has 6 aromatic carbocycles. The molecule has 9 rings (SSSR count). The Morgan fingerprint density at radius 2 is 0.745 bits per heavy atom. The van der Waals surface area contributed by atoms with Crippen LogP contribution in [0.3, 0.4) is 0 Å². The Kier molecular flexibility index (Phi) is 8.00. The molecule has 0 amide bonds. The van der Waals surface area contributed by atoms with Crippen molar-refractivity contribution in [1.82, 2.24) is 0 Å². The third-order valence-electron chi connectivity index (χ3n) is 10.1. The molecular formula is C45H38NO4P. The molecule has 0 aliphatic carbocycles. The largest absolute Gasteiger partial charge is 0.341 e. The van der Waals surface area contributed by atoms with Crippen LogP contribution in [-0.4, -0.2) is 18.0 Å². The number of hydrogen-bond donors (Lipinski definition) is 0. The van der Waals surface area contributed by atoms with Crippen molar-refractivity contribution in [3.8, 4) is 0 Å². The second-order valence-corrected chi connectivity index (χ2v) is 14.8. The van der Waals surface area contributed by atoms with Gasteiger partial charge in [-0.15, -0.1) is 0 Å². The van der Waals surface area contributed by atoms with Gasteiger partial charge in [-0.2, -0.15) is 0 Å². The second-order valence-electron chi connectivity index (χ2n) is 13.6. The molecule has 2 fully saturated rings. The summed E-state index contributed by atoms with van der Waals surface area (Å²) in [5.74, 6) is -0.961. The van der Waals surface area contributed by atoms with Crippen LogP contribution in [0.5, 0.6) is 0 Å². The van der Waals surface area contributed by atoms with Crippen LogP contribution in [0.4, 0.5) is 11.4 Å². The first-order valence-corrected chi connectivity index (χ1v) is 18.5. The van der Waals surface area contributed by atoms with E-state index < -0.39 is 37.7 Å². The molecule has 3 aliphatic heterocycles. The zero-order valence-electron chi connectivity index (χ0n) is 28.5. The van der Waals surface area contributed by atoms with E-state index >= 15 is 0 Å². The number of para-hydroxylation sites is 2. The van der Waals surface area contributed by atoms with Crippen LogP contribution in [0.25, 0.3) is 12.2 Å². The van der Waals surface area contributed by atoms with Crippen LogP contribution in [-0.2, 0) is 29.7 Å². The number of fused-ring (bicyclic) bond motifs is 3. The lowest BCUT2D eigenvalue weighted by Crippen LogP contribution is -2.53. The fraction of sp³-hybridized carbons (Fsp3) is 0.156. The molecule has 3 aliphatic rings. The van der Waals surface area contributed by atoms with Gasteiger partial charge in [0.1, 0.15) is 12.2 Å². The van der Waals surface area contributed by atoms with Crippen molar-refractivity contribution in [1.29, 1.82) is 0 Å². The van der Waals surface area contributed by atoms with Gasteiger partial charge >= 0.3 is 0 Å². The fourth-order valence-electron chi connectivity index (χ4n) is 7.88. The van der Waals surface area contributed by atoms with Crippen molar-refractivity contribution in [2.24, 2.45) is 0 Å². The van der Waals surface area contributed by atoms with E-state index in [0.29, 0.717) is 0 Å². The molecule has 0 saturated carbocycles. The van der Waals surface area contributed by atoms with Crippen molar-refractivity contribution < 1.29 is 18.5 Å². The first-order chi connectivity index (χ1) is 25.0. The molecule has 5 nitrogen and oxygen atoms in total. The van der Waals surface area contributed by atoms with Gasteiger partial charge in [-0.05, 0) is 59.4 Å². The highest BCUT2D eigenvalue weighted by molar-refractivity contribution is 7.49. The minimum Gasteiger partial charge on any atom is -0.341 e. The molecule has 2 unspecified atom stereocenters. The number of benzene rings is 6. The summed E-state index contributed by atoms with van der Waals surface area (Å²) in [4.78, 5) is 0. The SMILES string of the molecule is CC1(C)OC2C(O1)C(c1ccccc1)(c1ccccc1)OP(N1c3ccccc3C=Cc3ccccc31)OC2(c1ccccc1)c1ccccc1. The molecule has 0 N–H and O–H groups in total. The number of rotatable bonds is 5. The number of nitrogens with zero attached hydrogens (tertiary/aromatic N) is 1. The minimum atomic E-state index is -2.00. The molecule has 0 spiro atoms. The third kappa shape index (κ3) is 5.28. The van der Waals surface area contributed by atoms with Crippen LogP contribution < -0.4 is 4.67 Å². The zero-order valence-corrected chi connectivity index (χ0v) is 29.4. The Balaban J connectivity index is 1.41. The Hall–Kier alpha value is -4.87. The smallest absolute Gasteiger partial charge is 0.297 e. The first-order valence-electron chi connectivity index (χ1n) is 17.4. The van der Waals surface area contributed by atoms with Gasteiger partial charge in [-0.25, -0.2) is 0 Å². The van der Waals surface area contributed by atoms with Crippen molar-refractivity contribution in [2.75, 3.05) is 4.67 Å². The summed E-state index contributed by atoms with van der Waals surface area (Å²) in [6, 6.07) is 58.6. The molecule has 252 valence electrons. The lowest BCUT2D eigenvalue weighted by molar-refractivity contribution is -0.174. The van der Waals surface area contributed by atoms with Crippen LogP contribution in [0.2, 0.25) is 0 Å². The monoisotopic (exact) mass is 687 g/mol. The summed E-state index contributed by atoms with van der Waals surface area (Å²) in [6.07, 6.45) is 3.05. The standard InChI is InChI=1S/C45H38NO4P/c1-43(2)47-41-42(48-43)45(37-25-11-5-12-26-37,38-27-13-6-14-28-38)50-51(49-44(41,35-21-7-3-8-22-35)36-23-9-4-10-24-36)46-39-29-17-15-19-33(39)31-32-34-20-16-18-30-40(34)46/h3-32,41-42H,1-2H3. The highest BCUT2D eigenvalue weighted by atomic mass is 31.2. The van der Waals surface area contributed by atoms with Crippen molar-refractivity contribution in [3.05, 3.63) is 203 Å². The summed E-state index contributed by atoms with van der Waals surface area (Å²) < 4.78 is 32.5. The predicted molar refractivity (Wildman–Crippen MR) is 204 cm³/mol. The molecule has 2 atom stereocenters. The Morgan fingerprint density at radius 1 is 0.431 bits per heavy atom. The average molecular weight is 688 g/mol. The maximum atomic E-state index is 7.92. The molecule has 3 heterocycles. The van der Waals surface area contributed by atoms with Gasteiger partial charge in [0, 0.05) is 0 Å². The summed E-state index contributed by atoms with van der Waals surface area (Å²) in [5.41, 5.74) is 5.60. The predicted octanol–water partition coefficient (Wildman–Crippen LogP) is 11.0. The zero-order chi connectivity index (χ0) is 34.5. The van der Waals surface area contributed by atoms with Crippen LogP contribution in [0, 0.1) is 0 Å². The van der Waals surface area contributed by atoms with E-state index in [-0.39, 0.29) is 0 Å². The van der Waals surface area contributed by atoms with E-state index in [0.717, 1.165) is 44.8 Å². The highest BCUT2D eigenvalue weighted by Gasteiger charge is 2.67. The van der Waals surface area contributed by atoms with E-state index in [1.165, 1.54) is 0 Å². The fourth-order valence-corrected chi connectivity index (χ4v) is 9.92. The summed E-state index contributed by atoms with van der Waals surface area (Å²) in [7, 11) is -2.00. The summed E-state index contributed by atoms with van der Waals surface area (Å²) in [6.45, 7) is 3.97. The van der Waals surface area contributed by atoms with Crippen LogP contribution in [0.1, 0.15) is 47.2 Å². The molecule has 6 heteroatoms. The van der Waals surface area contributed by atoms with Gasteiger partial charge < -0.3 is 9.47 Å². The number of hydrogen-bond acceptors (Lipinski definition) is 5. The van der Waals surface area contributed by atoms with Gasteiger partial charge in [0.15, 0.2) is 17.0 Å². The second kappa shape index (κ2) is 12.7. The maximum absolute atomic E-state index is 7.92. The van der Waals surface area contributed by atoms with Crippen LogP contribution >= 0.6 is 8.53 Å². The molecule has 6 aromatic rings. The van der Waals surface area contributed by atoms with Crippen molar-refractivity contribution >= 4 is 32.1 Å². The van der Waals surface area contributed by atoms with E-state index in [9.17, 15) is 0 Å².